The number of pyridine rings is 1. The molecule has 1 aliphatic rings. The first-order valence-electron chi connectivity index (χ1n) is 6.64. The summed E-state index contributed by atoms with van der Waals surface area (Å²) in [7, 11) is 0. The van der Waals surface area contributed by atoms with E-state index in [2.05, 4.69) is 24.1 Å². The molecule has 1 amide bonds. The Labute approximate surface area is 108 Å². The van der Waals surface area contributed by atoms with Crippen LogP contribution in [0, 0.1) is 0 Å². The van der Waals surface area contributed by atoms with Crippen molar-refractivity contribution in [3.8, 4) is 0 Å². The summed E-state index contributed by atoms with van der Waals surface area (Å²) in [5.74, 6) is 0.0271. The maximum Gasteiger partial charge on any atom is 0.272 e. The standard InChI is InChI=1S/C14H21N3O/c1-11(2)17(10-12-6-5-9-15-12)14(18)13-7-3-4-8-16-13/h3-4,7-8,11-12,15H,5-6,9-10H2,1-2H3. The Morgan fingerprint density at radius 1 is 1.56 bits per heavy atom. The maximum atomic E-state index is 12.4. The van der Waals surface area contributed by atoms with Crippen molar-refractivity contribution in [3.05, 3.63) is 30.1 Å². The van der Waals surface area contributed by atoms with Crippen LogP contribution in [0.15, 0.2) is 24.4 Å². The molecule has 0 aromatic carbocycles. The SMILES string of the molecule is CC(C)N(CC1CCCN1)C(=O)c1ccccn1. The van der Waals surface area contributed by atoms with Crippen LogP contribution in [-0.4, -0.2) is 41.0 Å². The number of hydrogen-bond acceptors (Lipinski definition) is 3. The zero-order chi connectivity index (χ0) is 13.0. The van der Waals surface area contributed by atoms with Gasteiger partial charge >= 0.3 is 0 Å². The van der Waals surface area contributed by atoms with E-state index in [0.29, 0.717) is 11.7 Å². The van der Waals surface area contributed by atoms with E-state index >= 15 is 0 Å². The minimum Gasteiger partial charge on any atom is -0.333 e. The Hall–Kier alpha value is -1.42. The molecule has 18 heavy (non-hydrogen) atoms. The van der Waals surface area contributed by atoms with Gasteiger partial charge in [-0.25, -0.2) is 0 Å². The fourth-order valence-corrected chi connectivity index (χ4v) is 2.31. The zero-order valence-electron chi connectivity index (χ0n) is 11.1. The van der Waals surface area contributed by atoms with Gasteiger partial charge in [-0.1, -0.05) is 6.07 Å². The van der Waals surface area contributed by atoms with Crippen molar-refractivity contribution >= 4 is 5.91 Å². The number of hydrogen-bond donors (Lipinski definition) is 1. The van der Waals surface area contributed by atoms with Gasteiger partial charge in [0.15, 0.2) is 0 Å². The molecule has 0 radical (unpaired) electrons. The highest BCUT2D eigenvalue weighted by atomic mass is 16.2. The highest BCUT2D eigenvalue weighted by Gasteiger charge is 2.24. The molecule has 0 spiro atoms. The van der Waals surface area contributed by atoms with E-state index < -0.39 is 0 Å². The number of aromatic nitrogens is 1. The van der Waals surface area contributed by atoms with Crippen LogP contribution in [0.3, 0.4) is 0 Å². The van der Waals surface area contributed by atoms with Gasteiger partial charge in [0.05, 0.1) is 0 Å². The molecular formula is C14H21N3O. The van der Waals surface area contributed by atoms with E-state index in [0.717, 1.165) is 19.5 Å². The lowest BCUT2D eigenvalue weighted by molar-refractivity contribution is 0.0683. The van der Waals surface area contributed by atoms with E-state index in [-0.39, 0.29) is 11.9 Å². The Balaban J connectivity index is 2.07. The molecule has 0 bridgehead atoms. The van der Waals surface area contributed by atoms with Gasteiger partial charge in [-0.2, -0.15) is 0 Å². The largest absolute Gasteiger partial charge is 0.333 e. The van der Waals surface area contributed by atoms with Crippen molar-refractivity contribution in [3.63, 3.8) is 0 Å². The van der Waals surface area contributed by atoms with E-state index in [4.69, 9.17) is 0 Å². The topological polar surface area (TPSA) is 45.2 Å². The van der Waals surface area contributed by atoms with Gasteiger partial charge in [-0.05, 0) is 45.4 Å². The lowest BCUT2D eigenvalue weighted by Crippen LogP contribution is -2.45. The first kappa shape index (κ1) is 13.0. The summed E-state index contributed by atoms with van der Waals surface area (Å²) in [6.45, 7) is 5.94. The van der Waals surface area contributed by atoms with Gasteiger partial charge in [0.25, 0.3) is 5.91 Å². The van der Waals surface area contributed by atoms with Crippen molar-refractivity contribution in [1.82, 2.24) is 15.2 Å². The van der Waals surface area contributed by atoms with Crippen LogP contribution in [0.2, 0.25) is 0 Å². The molecule has 1 fully saturated rings. The lowest BCUT2D eigenvalue weighted by Gasteiger charge is -2.29. The normalized spacial score (nSPS) is 19.2. The monoisotopic (exact) mass is 247 g/mol. The summed E-state index contributed by atoms with van der Waals surface area (Å²) >= 11 is 0. The summed E-state index contributed by atoms with van der Waals surface area (Å²) in [5.41, 5.74) is 0.532. The molecule has 1 aromatic heterocycles. The van der Waals surface area contributed by atoms with Crippen LogP contribution in [0.4, 0.5) is 0 Å². The van der Waals surface area contributed by atoms with Crippen molar-refractivity contribution < 1.29 is 4.79 Å². The van der Waals surface area contributed by atoms with Gasteiger partial charge in [0, 0.05) is 24.8 Å². The Morgan fingerprint density at radius 3 is 2.94 bits per heavy atom. The van der Waals surface area contributed by atoms with Crippen molar-refractivity contribution in [2.24, 2.45) is 0 Å². The molecular weight excluding hydrogens is 226 g/mol. The van der Waals surface area contributed by atoms with Gasteiger partial charge in [0.2, 0.25) is 0 Å². The summed E-state index contributed by atoms with van der Waals surface area (Å²) in [4.78, 5) is 18.5. The van der Waals surface area contributed by atoms with Gasteiger partial charge in [-0.15, -0.1) is 0 Å². The molecule has 1 aromatic rings. The molecule has 2 heterocycles. The molecule has 98 valence electrons. The van der Waals surface area contributed by atoms with E-state index in [1.54, 1.807) is 12.3 Å². The number of carbonyl (C=O) groups excluding carboxylic acids is 1. The minimum atomic E-state index is 0.0271. The molecule has 0 saturated carbocycles. The molecule has 1 aliphatic heterocycles. The maximum absolute atomic E-state index is 12.4. The average Bonchev–Trinajstić information content (AvgIpc) is 2.89. The zero-order valence-corrected chi connectivity index (χ0v) is 11.1. The van der Waals surface area contributed by atoms with Crippen LogP contribution in [-0.2, 0) is 0 Å². The number of nitrogens with one attached hydrogen (secondary N) is 1. The quantitative estimate of drug-likeness (QED) is 0.880. The molecule has 1 saturated heterocycles. The predicted molar refractivity (Wildman–Crippen MR) is 71.4 cm³/mol. The Morgan fingerprint density at radius 2 is 2.39 bits per heavy atom. The number of rotatable bonds is 4. The number of nitrogens with zero attached hydrogens (tertiary/aromatic N) is 2. The van der Waals surface area contributed by atoms with Crippen molar-refractivity contribution in [2.45, 2.75) is 38.8 Å². The molecule has 4 nitrogen and oxygen atoms in total. The second-order valence-electron chi connectivity index (χ2n) is 5.06. The van der Waals surface area contributed by atoms with Crippen LogP contribution < -0.4 is 5.32 Å². The molecule has 2 rings (SSSR count). The molecule has 0 aliphatic carbocycles. The Kier molecular flexibility index (Phi) is 4.31. The summed E-state index contributed by atoms with van der Waals surface area (Å²) in [6, 6.07) is 6.09. The minimum absolute atomic E-state index is 0.0271. The highest BCUT2D eigenvalue weighted by Crippen LogP contribution is 2.12. The second-order valence-corrected chi connectivity index (χ2v) is 5.06. The van der Waals surface area contributed by atoms with Gasteiger partial charge in [-0.3, -0.25) is 9.78 Å². The molecule has 4 heteroatoms. The molecule has 1 unspecified atom stereocenters. The third kappa shape index (κ3) is 3.07. The van der Waals surface area contributed by atoms with E-state index in [9.17, 15) is 4.79 Å². The molecule has 1 atom stereocenters. The van der Waals surface area contributed by atoms with Crippen molar-refractivity contribution in [2.75, 3.05) is 13.1 Å². The lowest BCUT2D eigenvalue weighted by atomic mass is 10.1. The first-order chi connectivity index (χ1) is 8.68. The summed E-state index contributed by atoms with van der Waals surface area (Å²) in [5, 5.41) is 3.43. The first-order valence-corrected chi connectivity index (χ1v) is 6.64. The summed E-state index contributed by atoms with van der Waals surface area (Å²) < 4.78 is 0. The van der Waals surface area contributed by atoms with Crippen LogP contribution in [0.5, 0.6) is 0 Å². The molecule has 1 N–H and O–H groups in total. The third-order valence-electron chi connectivity index (χ3n) is 3.35. The third-order valence-corrected chi connectivity index (χ3v) is 3.35. The average molecular weight is 247 g/mol. The van der Waals surface area contributed by atoms with E-state index in [1.807, 2.05) is 17.0 Å². The Bertz CT molecular complexity index is 385. The smallest absolute Gasteiger partial charge is 0.272 e. The number of carbonyl (C=O) groups is 1. The van der Waals surface area contributed by atoms with Crippen molar-refractivity contribution in [1.29, 1.82) is 0 Å². The fourth-order valence-electron chi connectivity index (χ4n) is 2.31. The van der Waals surface area contributed by atoms with Gasteiger partial charge in [0.1, 0.15) is 5.69 Å². The van der Waals surface area contributed by atoms with Crippen LogP contribution in [0.25, 0.3) is 0 Å². The second kappa shape index (κ2) is 5.96. The highest BCUT2D eigenvalue weighted by molar-refractivity contribution is 5.92. The number of amides is 1. The van der Waals surface area contributed by atoms with Crippen LogP contribution >= 0.6 is 0 Å². The summed E-state index contributed by atoms with van der Waals surface area (Å²) in [6.07, 6.45) is 4.02. The fraction of sp³-hybridized carbons (Fsp3) is 0.571. The van der Waals surface area contributed by atoms with Gasteiger partial charge < -0.3 is 10.2 Å². The predicted octanol–water partition coefficient (Wildman–Crippen LogP) is 1.68. The van der Waals surface area contributed by atoms with Crippen LogP contribution in [0.1, 0.15) is 37.2 Å². The van der Waals surface area contributed by atoms with E-state index in [1.165, 1.54) is 6.42 Å².